The molecule has 0 bridgehead atoms. The normalized spacial score (nSPS) is 10.8. The van der Waals surface area contributed by atoms with Gasteiger partial charge in [-0.3, -0.25) is 4.79 Å². The molecule has 1 aromatic heterocycles. The van der Waals surface area contributed by atoms with Crippen LogP contribution in [0.3, 0.4) is 0 Å². The third-order valence-electron chi connectivity index (χ3n) is 1.89. The molecule has 2 aromatic rings. The number of nitrogens with one attached hydrogen (secondary N) is 1. The van der Waals surface area contributed by atoms with Crippen molar-refractivity contribution >= 4 is 26.7 Å². The fourth-order valence-electron chi connectivity index (χ4n) is 1.22. The predicted octanol–water partition coefficient (Wildman–Crippen LogP) is 2.57. The predicted molar refractivity (Wildman–Crippen MR) is 52.2 cm³/mol. The van der Waals surface area contributed by atoms with Crippen LogP contribution in [0.2, 0.25) is 0 Å². The summed E-state index contributed by atoms with van der Waals surface area (Å²) in [6.07, 6.45) is 1.39. The van der Waals surface area contributed by atoms with E-state index in [-0.39, 0.29) is 5.39 Å². The third kappa shape index (κ3) is 1.33. The Kier molecular flexibility index (Phi) is 2.11. The number of halogens is 3. The maximum atomic E-state index is 12.9. The zero-order chi connectivity index (χ0) is 10.3. The molecule has 1 aromatic carbocycles. The first-order chi connectivity index (χ1) is 6.59. The minimum absolute atomic E-state index is 0.123. The molecule has 5 heteroatoms. The van der Waals surface area contributed by atoms with E-state index in [9.17, 15) is 13.6 Å². The topological polar surface area (TPSA) is 32.9 Å². The number of hydrogen-bond acceptors (Lipinski definition) is 1. The van der Waals surface area contributed by atoms with Gasteiger partial charge in [0.25, 0.3) is 5.56 Å². The van der Waals surface area contributed by atoms with Crippen molar-refractivity contribution in [1.82, 2.24) is 4.98 Å². The van der Waals surface area contributed by atoms with Gasteiger partial charge in [0.15, 0.2) is 11.6 Å². The summed E-state index contributed by atoms with van der Waals surface area (Å²) < 4.78 is 26.2. The molecule has 0 aliphatic carbocycles. The molecule has 72 valence electrons. The molecule has 0 saturated heterocycles. The quantitative estimate of drug-likeness (QED) is 0.775. The van der Waals surface area contributed by atoms with Crippen LogP contribution in [-0.4, -0.2) is 4.98 Å². The lowest BCUT2D eigenvalue weighted by Crippen LogP contribution is -2.06. The zero-order valence-electron chi connectivity index (χ0n) is 6.77. The average Bonchev–Trinajstić information content (AvgIpc) is 2.15. The van der Waals surface area contributed by atoms with Gasteiger partial charge in [-0.25, -0.2) is 8.78 Å². The Morgan fingerprint density at radius 3 is 2.36 bits per heavy atom. The van der Waals surface area contributed by atoms with E-state index < -0.39 is 17.2 Å². The van der Waals surface area contributed by atoms with Gasteiger partial charge in [-0.2, -0.15) is 0 Å². The smallest absolute Gasteiger partial charge is 0.255 e. The van der Waals surface area contributed by atoms with E-state index in [1.165, 1.54) is 6.20 Å². The largest absolute Gasteiger partial charge is 0.327 e. The van der Waals surface area contributed by atoms with Crippen molar-refractivity contribution in [3.8, 4) is 0 Å². The average molecular weight is 260 g/mol. The van der Waals surface area contributed by atoms with Crippen LogP contribution in [0, 0.1) is 11.6 Å². The van der Waals surface area contributed by atoms with Crippen LogP contribution in [0.25, 0.3) is 10.8 Å². The monoisotopic (exact) mass is 259 g/mol. The Morgan fingerprint density at radius 1 is 1.14 bits per heavy atom. The molecule has 0 saturated carbocycles. The van der Waals surface area contributed by atoms with Crippen LogP contribution < -0.4 is 5.56 Å². The first-order valence-electron chi connectivity index (χ1n) is 3.75. The molecule has 0 amide bonds. The summed E-state index contributed by atoms with van der Waals surface area (Å²) in [7, 11) is 0. The Morgan fingerprint density at radius 2 is 1.71 bits per heavy atom. The molecule has 0 aliphatic heterocycles. The molecule has 0 radical (unpaired) electrons. The standard InChI is InChI=1S/C9H4BrF2NO/c10-6-3-13-9(14)5-2-8(12)7(11)1-4(5)6/h1-3H,(H,13,14). The molecule has 2 nitrogen and oxygen atoms in total. The van der Waals surface area contributed by atoms with Crippen LogP contribution in [0.15, 0.2) is 27.6 Å². The minimum Gasteiger partial charge on any atom is -0.327 e. The van der Waals surface area contributed by atoms with E-state index in [4.69, 9.17) is 0 Å². The molecule has 2 rings (SSSR count). The van der Waals surface area contributed by atoms with Crippen molar-refractivity contribution in [2.24, 2.45) is 0 Å². The maximum absolute atomic E-state index is 12.9. The second-order valence-electron chi connectivity index (χ2n) is 2.78. The number of rotatable bonds is 0. The van der Waals surface area contributed by atoms with E-state index in [2.05, 4.69) is 20.9 Å². The van der Waals surface area contributed by atoms with Gasteiger partial charge < -0.3 is 4.98 Å². The molecule has 14 heavy (non-hydrogen) atoms. The van der Waals surface area contributed by atoms with E-state index in [0.29, 0.717) is 9.86 Å². The maximum Gasteiger partial charge on any atom is 0.255 e. The van der Waals surface area contributed by atoms with Gasteiger partial charge in [-0.05, 0) is 28.1 Å². The molecular formula is C9H4BrF2NO. The summed E-state index contributed by atoms with van der Waals surface area (Å²) in [5, 5.41) is 0.478. The number of pyridine rings is 1. The van der Waals surface area contributed by atoms with E-state index in [1.807, 2.05) is 0 Å². The SMILES string of the molecule is O=c1[nH]cc(Br)c2cc(F)c(F)cc12. The van der Waals surface area contributed by atoms with Crippen molar-refractivity contribution in [3.05, 3.63) is 44.8 Å². The minimum atomic E-state index is -1.03. The molecule has 0 atom stereocenters. The van der Waals surface area contributed by atoms with Gasteiger partial charge in [0.05, 0.1) is 5.39 Å². The van der Waals surface area contributed by atoms with Gasteiger partial charge >= 0.3 is 0 Å². The Labute approximate surface area is 85.7 Å². The highest BCUT2D eigenvalue weighted by Crippen LogP contribution is 2.22. The summed E-state index contributed by atoms with van der Waals surface area (Å²) >= 11 is 3.13. The van der Waals surface area contributed by atoms with Crippen molar-refractivity contribution in [1.29, 1.82) is 0 Å². The lowest BCUT2D eigenvalue weighted by atomic mass is 10.1. The number of aromatic nitrogens is 1. The molecule has 0 aliphatic rings. The highest BCUT2D eigenvalue weighted by molar-refractivity contribution is 9.10. The van der Waals surface area contributed by atoms with Gasteiger partial charge in [0, 0.05) is 16.1 Å². The molecular weight excluding hydrogens is 256 g/mol. The van der Waals surface area contributed by atoms with Crippen LogP contribution >= 0.6 is 15.9 Å². The van der Waals surface area contributed by atoms with E-state index in [0.717, 1.165) is 12.1 Å². The lowest BCUT2D eigenvalue weighted by Gasteiger charge is -2.00. The third-order valence-corrected chi connectivity index (χ3v) is 2.55. The molecule has 0 unspecified atom stereocenters. The lowest BCUT2D eigenvalue weighted by molar-refractivity contribution is 0.511. The van der Waals surface area contributed by atoms with Crippen LogP contribution in [0.5, 0.6) is 0 Å². The highest BCUT2D eigenvalue weighted by atomic mass is 79.9. The van der Waals surface area contributed by atoms with Crippen molar-refractivity contribution in [2.45, 2.75) is 0 Å². The summed E-state index contributed by atoms with van der Waals surface area (Å²) in [4.78, 5) is 13.6. The summed E-state index contributed by atoms with van der Waals surface area (Å²) in [5.41, 5.74) is -0.442. The first kappa shape index (κ1) is 9.33. The fourth-order valence-corrected chi connectivity index (χ4v) is 1.66. The highest BCUT2D eigenvalue weighted by Gasteiger charge is 2.08. The van der Waals surface area contributed by atoms with Crippen LogP contribution in [0.4, 0.5) is 8.78 Å². The Hall–Kier alpha value is -1.23. The van der Waals surface area contributed by atoms with Crippen molar-refractivity contribution < 1.29 is 8.78 Å². The number of H-pyrrole nitrogens is 1. The summed E-state index contributed by atoms with van der Waals surface area (Å²) in [6.45, 7) is 0. The van der Waals surface area contributed by atoms with Gasteiger partial charge in [-0.15, -0.1) is 0 Å². The summed E-state index contributed by atoms with van der Waals surface area (Å²) in [6, 6.07) is 1.87. The molecule has 0 fully saturated rings. The van der Waals surface area contributed by atoms with Crippen LogP contribution in [-0.2, 0) is 0 Å². The summed E-state index contributed by atoms with van der Waals surface area (Å²) in [5.74, 6) is -2.00. The Balaban J connectivity index is 3.02. The van der Waals surface area contributed by atoms with E-state index >= 15 is 0 Å². The zero-order valence-corrected chi connectivity index (χ0v) is 8.36. The van der Waals surface area contributed by atoms with Crippen molar-refractivity contribution in [3.63, 3.8) is 0 Å². The van der Waals surface area contributed by atoms with Crippen molar-refractivity contribution in [2.75, 3.05) is 0 Å². The number of fused-ring (bicyclic) bond motifs is 1. The van der Waals surface area contributed by atoms with Gasteiger partial charge in [-0.1, -0.05) is 0 Å². The van der Waals surface area contributed by atoms with Gasteiger partial charge in [0.1, 0.15) is 0 Å². The van der Waals surface area contributed by atoms with Crippen LogP contribution in [0.1, 0.15) is 0 Å². The number of hydrogen-bond donors (Lipinski definition) is 1. The number of benzene rings is 1. The van der Waals surface area contributed by atoms with E-state index in [1.54, 1.807) is 0 Å². The second kappa shape index (κ2) is 3.16. The molecule has 1 N–H and O–H groups in total. The fraction of sp³-hybridized carbons (Fsp3) is 0. The first-order valence-corrected chi connectivity index (χ1v) is 4.55. The molecule has 0 spiro atoms. The van der Waals surface area contributed by atoms with Gasteiger partial charge in [0.2, 0.25) is 0 Å². The molecule has 1 heterocycles. The second-order valence-corrected chi connectivity index (χ2v) is 3.63. The number of aromatic amines is 1. The Bertz CT molecular complexity index is 564.